The lowest BCUT2D eigenvalue weighted by molar-refractivity contribution is -0.112. The first-order valence-electron chi connectivity index (χ1n) is 14.2. The van der Waals surface area contributed by atoms with E-state index in [1.807, 2.05) is 0 Å². The van der Waals surface area contributed by atoms with E-state index in [9.17, 15) is 25.5 Å². The summed E-state index contributed by atoms with van der Waals surface area (Å²) in [6, 6.07) is 5.13. The van der Waals surface area contributed by atoms with Crippen LogP contribution in [0.3, 0.4) is 0 Å². The Hall–Kier alpha value is -2.44. The lowest BCUT2D eigenvalue weighted by Crippen LogP contribution is -2.48. The number of aryl methyl sites for hydroxylation is 2. The number of fused-ring (bicyclic) bond motifs is 16. The largest absolute Gasteiger partial charge is 0.507 e. The summed E-state index contributed by atoms with van der Waals surface area (Å²) in [7, 11) is 0. The number of ether oxygens (including phenoxy) is 1. The molecule has 5 rings (SSSR count). The van der Waals surface area contributed by atoms with Crippen molar-refractivity contribution < 1.29 is 30.3 Å². The molecule has 6 nitrogen and oxygen atoms in total. The molecule has 2 aromatic rings. The Morgan fingerprint density at radius 2 is 1.16 bits per heavy atom. The zero-order valence-electron chi connectivity index (χ0n) is 22.4. The first-order chi connectivity index (χ1) is 17.7. The fourth-order valence-corrected chi connectivity index (χ4v) is 5.92. The van der Waals surface area contributed by atoms with Crippen molar-refractivity contribution in [2.45, 2.75) is 122 Å². The summed E-state index contributed by atoms with van der Waals surface area (Å²) in [6.45, 7) is 3.40. The summed E-state index contributed by atoms with van der Waals surface area (Å²) >= 11 is 0. The quantitative estimate of drug-likeness (QED) is 0.265. The highest BCUT2D eigenvalue weighted by molar-refractivity contribution is 5.85. The summed E-state index contributed by atoms with van der Waals surface area (Å²) in [5.74, 6) is -0.153. The molecule has 0 radical (unpaired) electrons. The molecular formula is C31H44O6. The van der Waals surface area contributed by atoms with Crippen LogP contribution in [0.25, 0.3) is 11.1 Å². The molecule has 0 spiro atoms. The van der Waals surface area contributed by atoms with Gasteiger partial charge in [-0.15, -0.1) is 0 Å². The van der Waals surface area contributed by atoms with Crippen molar-refractivity contribution in [2.75, 3.05) is 0 Å². The minimum atomic E-state index is -1.37. The third kappa shape index (κ3) is 6.18. The van der Waals surface area contributed by atoms with Crippen LogP contribution in [0.2, 0.25) is 0 Å². The van der Waals surface area contributed by atoms with E-state index in [1.165, 1.54) is 44.9 Å². The average molecular weight is 513 g/mol. The third-order valence-corrected chi connectivity index (χ3v) is 8.13. The monoisotopic (exact) mass is 512 g/mol. The Balaban J connectivity index is 1.76. The standard InChI is InChI=1S/C31H44O6/c1-31(2)30(36)29(35)27-24(37-31)19-21-16-14-12-10-8-6-4-3-5-7-9-11-13-15-20-17-22(32)26(23(33)18-20)25(21)28(27)34/h17-19,29-30,32-36H,3-16H2,1-2H3/t29-,30+/m0/s1. The van der Waals surface area contributed by atoms with Crippen LogP contribution in [0.4, 0.5) is 0 Å². The third-order valence-electron chi connectivity index (χ3n) is 8.13. The van der Waals surface area contributed by atoms with Crippen molar-refractivity contribution in [3.8, 4) is 34.1 Å². The van der Waals surface area contributed by atoms with Crippen LogP contribution in [-0.4, -0.2) is 37.2 Å². The van der Waals surface area contributed by atoms with Crippen molar-refractivity contribution in [3.05, 3.63) is 34.9 Å². The number of aromatic hydroxyl groups is 3. The second-order valence-electron chi connectivity index (χ2n) is 11.5. The van der Waals surface area contributed by atoms with Crippen LogP contribution in [0.5, 0.6) is 23.0 Å². The van der Waals surface area contributed by atoms with Gasteiger partial charge in [-0.05, 0) is 68.9 Å². The highest BCUT2D eigenvalue weighted by atomic mass is 16.5. The maximum absolute atomic E-state index is 11.5. The SMILES string of the molecule is CC1(C)Oc2cc3c(c(O)c2[C@H](O)[C@H]1O)-c1c(O)cc(cc1O)CCCCCCCCCCCCCC3. The van der Waals surface area contributed by atoms with Gasteiger partial charge in [0.05, 0.1) is 11.1 Å². The fraction of sp³-hybridized carbons (Fsp3) is 0.613. The van der Waals surface area contributed by atoms with Crippen LogP contribution < -0.4 is 4.74 Å². The molecule has 1 heterocycles. The van der Waals surface area contributed by atoms with Crippen molar-refractivity contribution in [1.82, 2.24) is 0 Å². The predicted molar refractivity (Wildman–Crippen MR) is 145 cm³/mol. The molecule has 5 N–H and O–H groups in total. The molecule has 2 bridgehead atoms. The van der Waals surface area contributed by atoms with Gasteiger partial charge >= 0.3 is 0 Å². The minimum absolute atomic E-state index is 0.0860. The lowest BCUT2D eigenvalue weighted by atomic mass is 9.83. The minimum Gasteiger partial charge on any atom is -0.507 e. The Morgan fingerprint density at radius 1 is 0.676 bits per heavy atom. The summed E-state index contributed by atoms with van der Waals surface area (Å²) < 4.78 is 6.03. The Labute approximate surface area is 220 Å². The highest BCUT2D eigenvalue weighted by Crippen LogP contribution is 2.53. The van der Waals surface area contributed by atoms with Crippen molar-refractivity contribution in [3.63, 3.8) is 0 Å². The smallest absolute Gasteiger partial charge is 0.133 e. The van der Waals surface area contributed by atoms with Crippen LogP contribution in [-0.2, 0) is 12.8 Å². The Morgan fingerprint density at radius 3 is 1.70 bits per heavy atom. The predicted octanol–water partition coefficient (Wildman–Crippen LogP) is 6.82. The van der Waals surface area contributed by atoms with Crippen molar-refractivity contribution in [1.29, 1.82) is 0 Å². The maximum atomic E-state index is 11.5. The number of hydrogen-bond donors (Lipinski definition) is 5. The van der Waals surface area contributed by atoms with Crippen LogP contribution in [0, 0.1) is 0 Å². The van der Waals surface area contributed by atoms with Gasteiger partial charge in [0.15, 0.2) is 0 Å². The summed E-state index contributed by atoms with van der Waals surface area (Å²) in [4.78, 5) is 0. The van der Waals surface area contributed by atoms with E-state index < -0.39 is 17.8 Å². The van der Waals surface area contributed by atoms with Crippen molar-refractivity contribution >= 4 is 0 Å². The molecule has 2 aromatic carbocycles. The van der Waals surface area contributed by atoms with Gasteiger partial charge in [-0.2, -0.15) is 0 Å². The van der Waals surface area contributed by atoms with E-state index >= 15 is 0 Å². The summed E-state index contributed by atoms with van der Waals surface area (Å²) in [5, 5.41) is 55.1. The molecular weight excluding hydrogens is 468 g/mol. The van der Waals surface area contributed by atoms with Crippen LogP contribution >= 0.6 is 0 Å². The Kier molecular flexibility index (Phi) is 8.91. The molecule has 0 unspecified atom stereocenters. The molecule has 1 aliphatic heterocycles. The second-order valence-corrected chi connectivity index (χ2v) is 11.5. The highest BCUT2D eigenvalue weighted by Gasteiger charge is 2.44. The van der Waals surface area contributed by atoms with E-state index in [0.717, 1.165) is 49.7 Å². The number of hydrogen-bond acceptors (Lipinski definition) is 6. The maximum Gasteiger partial charge on any atom is 0.133 e. The summed E-state index contributed by atoms with van der Waals surface area (Å²) in [5.41, 5.74) is 1.09. The second kappa shape index (κ2) is 12.0. The first-order valence-corrected chi connectivity index (χ1v) is 14.2. The van der Waals surface area contributed by atoms with E-state index in [1.54, 1.807) is 32.0 Å². The molecule has 0 amide bonds. The number of phenols is 3. The molecule has 0 saturated heterocycles. The number of rotatable bonds is 0. The van der Waals surface area contributed by atoms with Gasteiger partial charge in [0, 0.05) is 5.56 Å². The van der Waals surface area contributed by atoms with E-state index in [4.69, 9.17) is 4.74 Å². The number of benzene rings is 2. The Bertz CT molecular complexity index is 1050. The average Bonchev–Trinajstić information content (AvgIpc) is 2.83. The topological polar surface area (TPSA) is 110 Å². The first kappa shape index (κ1) is 27.6. The van der Waals surface area contributed by atoms with Gasteiger partial charge < -0.3 is 30.3 Å². The van der Waals surface area contributed by atoms with Crippen LogP contribution in [0.1, 0.15) is 114 Å². The molecule has 2 atom stereocenters. The van der Waals surface area contributed by atoms with Gasteiger partial charge in [-0.3, -0.25) is 0 Å². The lowest BCUT2D eigenvalue weighted by Gasteiger charge is -2.40. The zero-order chi connectivity index (χ0) is 26.6. The molecule has 3 aliphatic rings. The van der Waals surface area contributed by atoms with E-state index in [-0.39, 0.29) is 28.4 Å². The molecule has 6 heteroatoms. The molecule has 0 aromatic heterocycles. The molecule has 0 saturated carbocycles. The van der Waals surface area contributed by atoms with Crippen LogP contribution in [0.15, 0.2) is 18.2 Å². The molecule has 204 valence electrons. The molecule has 2 aliphatic carbocycles. The van der Waals surface area contributed by atoms with Gasteiger partial charge in [0.25, 0.3) is 0 Å². The van der Waals surface area contributed by atoms with Gasteiger partial charge in [0.2, 0.25) is 0 Å². The van der Waals surface area contributed by atoms with E-state index in [0.29, 0.717) is 17.7 Å². The summed E-state index contributed by atoms with van der Waals surface area (Å²) in [6.07, 6.45) is 12.8. The van der Waals surface area contributed by atoms with Gasteiger partial charge in [-0.25, -0.2) is 0 Å². The fourth-order valence-electron chi connectivity index (χ4n) is 5.92. The number of aliphatic hydroxyl groups is 2. The normalized spacial score (nSPS) is 23.5. The molecule has 0 fully saturated rings. The number of aliphatic hydroxyl groups excluding tert-OH is 2. The van der Waals surface area contributed by atoms with Crippen molar-refractivity contribution in [2.24, 2.45) is 0 Å². The number of phenolic OH excluding ortho intramolecular Hbond substituents is 3. The van der Waals surface area contributed by atoms with Gasteiger partial charge in [-0.1, -0.05) is 64.2 Å². The van der Waals surface area contributed by atoms with Gasteiger partial charge in [0.1, 0.15) is 40.8 Å². The zero-order valence-corrected chi connectivity index (χ0v) is 22.4. The molecule has 37 heavy (non-hydrogen) atoms. The van der Waals surface area contributed by atoms with E-state index in [2.05, 4.69) is 0 Å².